The molecule has 2 N–H and O–H groups in total. The molecule has 1 aromatic carbocycles. The summed E-state index contributed by atoms with van der Waals surface area (Å²) < 4.78 is 11.1. The maximum Gasteiger partial charge on any atom is 0.119 e. The van der Waals surface area contributed by atoms with E-state index >= 15 is 0 Å². The average molecular weight is 251 g/mol. The fourth-order valence-electron chi connectivity index (χ4n) is 1.51. The zero-order valence-corrected chi connectivity index (χ0v) is 11.7. The van der Waals surface area contributed by atoms with Crippen LogP contribution in [0.3, 0.4) is 0 Å². The molecule has 0 aliphatic rings. The lowest BCUT2D eigenvalue weighted by atomic mass is 10.1. The summed E-state index contributed by atoms with van der Waals surface area (Å²) in [5, 5.41) is 0. The highest BCUT2D eigenvalue weighted by molar-refractivity contribution is 5.28. The number of benzene rings is 1. The molecule has 0 aliphatic carbocycles. The van der Waals surface area contributed by atoms with Crippen LogP contribution in [0.4, 0.5) is 0 Å². The second kappa shape index (κ2) is 8.11. The van der Waals surface area contributed by atoms with E-state index in [0.717, 1.165) is 24.3 Å². The molecule has 0 amide bonds. The third kappa shape index (κ3) is 6.03. The maximum absolute atomic E-state index is 5.78. The van der Waals surface area contributed by atoms with E-state index in [1.165, 1.54) is 0 Å². The van der Waals surface area contributed by atoms with Crippen LogP contribution < -0.4 is 10.5 Å². The zero-order valence-electron chi connectivity index (χ0n) is 11.7. The van der Waals surface area contributed by atoms with Gasteiger partial charge in [0, 0.05) is 12.6 Å². The summed E-state index contributed by atoms with van der Waals surface area (Å²) in [6.45, 7) is 8.40. The molecule has 0 fully saturated rings. The van der Waals surface area contributed by atoms with Gasteiger partial charge in [0.05, 0.1) is 6.61 Å². The lowest BCUT2D eigenvalue weighted by Gasteiger charge is -2.10. The Hall–Kier alpha value is -1.06. The van der Waals surface area contributed by atoms with E-state index < -0.39 is 0 Å². The number of nitrogens with two attached hydrogens (primary N) is 1. The Kier molecular flexibility index (Phi) is 6.76. The third-order valence-electron chi connectivity index (χ3n) is 2.74. The molecule has 0 unspecified atom stereocenters. The molecule has 0 spiro atoms. The van der Waals surface area contributed by atoms with Crippen molar-refractivity contribution in [3.05, 3.63) is 29.8 Å². The van der Waals surface area contributed by atoms with Gasteiger partial charge < -0.3 is 15.2 Å². The van der Waals surface area contributed by atoms with Crippen LogP contribution in [0.25, 0.3) is 0 Å². The second-order valence-electron chi connectivity index (χ2n) is 5.00. The van der Waals surface area contributed by atoms with Gasteiger partial charge in [0.2, 0.25) is 0 Å². The number of hydrogen-bond donors (Lipinski definition) is 1. The van der Waals surface area contributed by atoms with Crippen molar-refractivity contribution in [2.75, 3.05) is 19.8 Å². The van der Waals surface area contributed by atoms with Gasteiger partial charge in [-0.15, -0.1) is 0 Å². The molecule has 0 heterocycles. The minimum Gasteiger partial charge on any atom is -0.491 e. The summed E-state index contributed by atoms with van der Waals surface area (Å²) >= 11 is 0. The number of hydrogen-bond acceptors (Lipinski definition) is 3. The van der Waals surface area contributed by atoms with Gasteiger partial charge in [0.15, 0.2) is 0 Å². The van der Waals surface area contributed by atoms with Crippen LogP contribution in [-0.2, 0) is 4.74 Å². The maximum atomic E-state index is 5.78. The second-order valence-corrected chi connectivity index (χ2v) is 5.00. The molecular formula is C15H25NO2. The molecule has 3 heteroatoms. The van der Waals surface area contributed by atoms with Gasteiger partial charge in [-0.2, -0.15) is 0 Å². The van der Waals surface area contributed by atoms with Crippen molar-refractivity contribution in [1.29, 1.82) is 0 Å². The largest absolute Gasteiger partial charge is 0.491 e. The van der Waals surface area contributed by atoms with E-state index in [1.807, 2.05) is 31.2 Å². The van der Waals surface area contributed by atoms with Crippen LogP contribution in [0, 0.1) is 5.92 Å². The normalized spacial score (nSPS) is 12.7. The average Bonchev–Trinajstić information content (AvgIpc) is 2.34. The van der Waals surface area contributed by atoms with Crippen molar-refractivity contribution in [3.63, 3.8) is 0 Å². The molecule has 0 saturated carbocycles. The first-order valence-corrected chi connectivity index (χ1v) is 6.65. The van der Waals surface area contributed by atoms with Crippen LogP contribution in [0.2, 0.25) is 0 Å². The first-order valence-electron chi connectivity index (χ1n) is 6.65. The highest BCUT2D eigenvalue weighted by atomic mass is 16.5. The molecule has 102 valence electrons. The highest BCUT2D eigenvalue weighted by Gasteiger charge is 1.99. The van der Waals surface area contributed by atoms with Crippen LogP contribution in [0.1, 0.15) is 38.8 Å². The predicted molar refractivity (Wildman–Crippen MR) is 74.8 cm³/mol. The third-order valence-corrected chi connectivity index (χ3v) is 2.74. The van der Waals surface area contributed by atoms with Gasteiger partial charge >= 0.3 is 0 Å². The van der Waals surface area contributed by atoms with Crippen molar-refractivity contribution >= 4 is 0 Å². The van der Waals surface area contributed by atoms with E-state index in [2.05, 4.69) is 13.8 Å². The summed E-state index contributed by atoms with van der Waals surface area (Å²) in [6.07, 6.45) is 1.10. The molecular weight excluding hydrogens is 226 g/mol. The molecule has 3 nitrogen and oxygen atoms in total. The Bertz CT molecular complexity index is 320. The Balaban J connectivity index is 2.15. The van der Waals surface area contributed by atoms with Gasteiger partial charge in [-0.1, -0.05) is 26.0 Å². The van der Waals surface area contributed by atoms with Gasteiger partial charge in [0.25, 0.3) is 0 Å². The van der Waals surface area contributed by atoms with Gasteiger partial charge in [-0.05, 0) is 37.0 Å². The quantitative estimate of drug-likeness (QED) is 0.722. The summed E-state index contributed by atoms with van der Waals surface area (Å²) in [6, 6.07) is 7.97. The Labute approximate surface area is 110 Å². The SMILES string of the molecule is CC(C)CCOCCOc1ccc([C@H](C)N)cc1. The van der Waals surface area contributed by atoms with Crippen molar-refractivity contribution in [2.45, 2.75) is 33.2 Å². The monoisotopic (exact) mass is 251 g/mol. The molecule has 1 aromatic rings. The summed E-state index contributed by atoms with van der Waals surface area (Å²) in [5.41, 5.74) is 6.90. The molecule has 1 rings (SSSR count). The van der Waals surface area contributed by atoms with E-state index in [4.69, 9.17) is 15.2 Å². The van der Waals surface area contributed by atoms with E-state index in [-0.39, 0.29) is 6.04 Å². The Morgan fingerprint density at radius 3 is 2.22 bits per heavy atom. The van der Waals surface area contributed by atoms with Gasteiger partial charge in [-0.3, -0.25) is 0 Å². The summed E-state index contributed by atoms with van der Waals surface area (Å²) in [4.78, 5) is 0. The molecule has 1 atom stereocenters. The van der Waals surface area contributed by atoms with Crippen LogP contribution in [0.5, 0.6) is 5.75 Å². The topological polar surface area (TPSA) is 44.5 Å². The van der Waals surface area contributed by atoms with Crippen LogP contribution in [-0.4, -0.2) is 19.8 Å². The highest BCUT2D eigenvalue weighted by Crippen LogP contribution is 2.15. The molecule has 0 bridgehead atoms. The van der Waals surface area contributed by atoms with Crippen molar-refractivity contribution in [1.82, 2.24) is 0 Å². The molecule has 0 aromatic heterocycles. The Morgan fingerprint density at radius 2 is 1.67 bits per heavy atom. The first kappa shape index (κ1) is 15.0. The summed E-state index contributed by atoms with van der Waals surface area (Å²) in [7, 11) is 0. The van der Waals surface area contributed by atoms with Gasteiger partial charge in [-0.25, -0.2) is 0 Å². The van der Waals surface area contributed by atoms with Crippen LogP contribution in [0.15, 0.2) is 24.3 Å². The Morgan fingerprint density at radius 1 is 1.00 bits per heavy atom. The van der Waals surface area contributed by atoms with E-state index in [9.17, 15) is 0 Å². The number of rotatable bonds is 8. The lowest BCUT2D eigenvalue weighted by molar-refractivity contribution is 0.0926. The lowest BCUT2D eigenvalue weighted by Crippen LogP contribution is -2.09. The molecule has 0 radical (unpaired) electrons. The molecule has 0 saturated heterocycles. The fourth-order valence-corrected chi connectivity index (χ4v) is 1.51. The molecule has 0 aliphatic heterocycles. The smallest absolute Gasteiger partial charge is 0.119 e. The van der Waals surface area contributed by atoms with Crippen molar-refractivity contribution in [3.8, 4) is 5.75 Å². The predicted octanol–water partition coefficient (Wildman–Crippen LogP) is 3.15. The molecule has 18 heavy (non-hydrogen) atoms. The zero-order chi connectivity index (χ0) is 13.4. The van der Waals surface area contributed by atoms with Gasteiger partial charge in [0.1, 0.15) is 12.4 Å². The van der Waals surface area contributed by atoms with E-state index in [1.54, 1.807) is 0 Å². The van der Waals surface area contributed by atoms with Crippen molar-refractivity contribution < 1.29 is 9.47 Å². The first-order chi connectivity index (χ1) is 8.59. The number of ether oxygens (including phenoxy) is 2. The van der Waals surface area contributed by atoms with E-state index in [0.29, 0.717) is 19.1 Å². The standard InChI is InChI=1S/C15H25NO2/c1-12(2)8-9-17-10-11-18-15-6-4-14(5-7-15)13(3)16/h4-7,12-13H,8-11,16H2,1-3H3/t13-/m0/s1. The minimum absolute atomic E-state index is 0.0680. The fraction of sp³-hybridized carbons (Fsp3) is 0.600. The van der Waals surface area contributed by atoms with Crippen LogP contribution >= 0.6 is 0 Å². The van der Waals surface area contributed by atoms with Crippen molar-refractivity contribution in [2.24, 2.45) is 11.7 Å². The minimum atomic E-state index is 0.0680. The summed E-state index contributed by atoms with van der Waals surface area (Å²) in [5.74, 6) is 1.56.